The molecule has 0 spiro atoms. The number of hydrogen-bond donors (Lipinski definition) is 3. The van der Waals surface area contributed by atoms with Crippen molar-refractivity contribution >= 4 is 29.4 Å². The van der Waals surface area contributed by atoms with Crippen LogP contribution in [-0.2, 0) is 11.0 Å². The Morgan fingerprint density at radius 1 is 1.16 bits per heavy atom. The van der Waals surface area contributed by atoms with Gasteiger partial charge in [-0.1, -0.05) is 30.3 Å². The molecule has 196 valence electrons. The van der Waals surface area contributed by atoms with E-state index in [9.17, 15) is 27.2 Å². The van der Waals surface area contributed by atoms with Crippen molar-refractivity contribution in [2.45, 2.75) is 18.5 Å². The third-order valence-electron chi connectivity index (χ3n) is 5.98. The lowest BCUT2D eigenvalue weighted by molar-refractivity contribution is -0.138. The van der Waals surface area contributed by atoms with Crippen LogP contribution in [0.25, 0.3) is 17.0 Å². The average molecular weight is 526 g/mol. The highest BCUT2D eigenvalue weighted by Gasteiger charge is 2.36. The van der Waals surface area contributed by atoms with Crippen molar-refractivity contribution in [3.63, 3.8) is 0 Å². The zero-order valence-corrected chi connectivity index (χ0v) is 20.1. The number of anilines is 1. The summed E-state index contributed by atoms with van der Waals surface area (Å²) in [6.45, 7) is 0.420. The van der Waals surface area contributed by atoms with Gasteiger partial charge < -0.3 is 16.4 Å². The molecule has 1 atom stereocenters. The van der Waals surface area contributed by atoms with Gasteiger partial charge >= 0.3 is 6.18 Å². The lowest BCUT2D eigenvalue weighted by atomic mass is 9.99. The first kappa shape index (κ1) is 26.5. The number of aliphatic imine (C=N–C) groups is 1. The van der Waals surface area contributed by atoms with Crippen LogP contribution in [0.2, 0.25) is 0 Å². The van der Waals surface area contributed by atoms with Crippen molar-refractivity contribution in [1.82, 2.24) is 10.3 Å². The zero-order valence-electron chi connectivity index (χ0n) is 20.1. The molecule has 2 amide bonds. The van der Waals surface area contributed by atoms with Gasteiger partial charge in [0.1, 0.15) is 5.82 Å². The van der Waals surface area contributed by atoms with Gasteiger partial charge in [0.2, 0.25) is 5.91 Å². The highest BCUT2D eigenvalue weighted by molar-refractivity contribution is 6.06. The number of amides is 2. The molecule has 1 aliphatic heterocycles. The van der Waals surface area contributed by atoms with Gasteiger partial charge in [0, 0.05) is 54.7 Å². The molecule has 1 saturated heterocycles. The Hall–Kier alpha value is -4.54. The number of benzene rings is 2. The second kappa shape index (κ2) is 10.8. The van der Waals surface area contributed by atoms with Gasteiger partial charge in [-0.2, -0.15) is 13.2 Å². The van der Waals surface area contributed by atoms with Crippen molar-refractivity contribution < 1.29 is 27.2 Å². The standard InChI is InChI=1S/C27H23F4N5O2/c1-33-10-9-21(32)17-12-18(20(28)13-19(17)27(29,30)31)26(38)36-23-8-7-22(16-11-24(37)34-14-16)35-25(23)15-5-3-2-4-6-15/h2-10,12-13,16H,11,14,32H2,1H3,(H,34,37)(H,36,38). The van der Waals surface area contributed by atoms with Crippen LogP contribution in [0.4, 0.5) is 23.2 Å². The fraction of sp³-hybridized carbons (Fsp3) is 0.185. The van der Waals surface area contributed by atoms with E-state index in [0.717, 1.165) is 12.1 Å². The number of aromatic nitrogens is 1. The molecule has 3 aromatic rings. The van der Waals surface area contributed by atoms with E-state index in [0.29, 0.717) is 23.5 Å². The number of nitrogens with two attached hydrogens (primary N) is 1. The van der Waals surface area contributed by atoms with Crippen LogP contribution in [-0.4, -0.2) is 36.6 Å². The maximum Gasteiger partial charge on any atom is 0.417 e. The first-order valence-electron chi connectivity index (χ1n) is 11.5. The Bertz CT molecular complexity index is 1440. The fourth-order valence-corrected chi connectivity index (χ4v) is 4.09. The van der Waals surface area contributed by atoms with Gasteiger partial charge in [0.15, 0.2) is 0 Å². The van der Waals surface area contributed by atoms with Gasteiger partial charge in [-0.25, -0.2) is 4.39 Å². The van der Waals surface area contributed by atoms with Crippen molar-refractivity contribution in [2.75, 3.05) is 18.9 Å². The SMILES string of the molecule is CN=CC=C(N)c1cc(C(=O)Nc2ccc(C3CNC(=O)C3)nc2-c2ccccc2)c(F)cc1C(F)(F)F. The molecule has 11 heteroatoms. The minimum Gasteiger partial charge on any atom is -0.398 e. The first-order valence-corrected chi connectivity index (χ1v) is 11.5. The Kier molecular flexibility index (Phi) is 7.56. The number of carbonyl (C=O) groups is 2. The van der Waals surface area contributed by atoms with Gasteiger partial charge in [0.05, 0.1) is 22.5 Å². The molecule has 0 aliphatic carbocycles. The largest absolute Gasteiger partial charge is 0.417 e. The van der Waals surface area contributed by atoms with Crippen LogP contribution >= 0.6 is 0 Å². The predicted molar refractivity (Wildman–Crippen MR) is 136 cm³/mol. The maximum absolute atomic E-state index is 14.9. The highest BCUT2D eigenvalue weighted by Crippen LogP contribution is 2.36. The first-order chi connectivity index (χ1) is 18.1. The quantitative estimate of drug-likeness (QED) is 0.318. The molecule has 4 rings (SSSR count). The average Bonchev–Trinajstić information content (AvgIpc) is 3.33. The molecule has 2 heterocycles. The fourth-order valence-electron chi connectivity index (χ4n) is 4.09. The van der Waals surface area contributed by atoms with E-state index in [-0.39, 0.29) is 35.7 Å². The number of nitrogens with zero attached hydrogens (tertiary/aromatic N) is 2. The van der Waals surface area contributed by atoms with E-state index in [1.807, 2.05) is 0 Å². The number of carbonyl (C=O) groups excluding carboxylic acids is 2. The molecule has 0 bridgehead atoms. The zero-order chi connectivity index (χ0) is 27.4. The van der Waals surface area contributed by atoms with Crippen LogP contribution < -0.4 is 16.4 Å². The molecule has 38 heavy (non-hydrogen) atoms. The normalized spacial score (nSPS) is 16.1. The lowest BCUT2D eigenvalue weighted by Gasteiger charge is -2.17. The lowest BCUT2D eigenvalue weighted by Crippen LogP contribution is -2.19. The van der Waals surface area contributed by atoms with Gasteiger partial charge in [-0.15, -0.1) is 0 Å². The molecule has 7 nitrogen and oxygen atoms in total. The van der Waals surface area contributed by atoms with Crippen LogP contribution in [0.3, 0.4) is 0 Å². The van der Waals surface area contributed by atoms with Crippen LogP contribution in [0.5, 0.6) is 0 Å². The number of halogens is 4. The van der Waals surface area contributed by atoms with Gasteiger partial charge in [0.25, 0.3) is 5.91 Å². The number of allylic oxidation sites excluding steroid dienone is 1. The van der Waals surface area contributed by atoms with Crippen molar-refractivity contribution in [1.29, 1.82) is 0 Å². The third kappa shape index (κ3) is 5.72. The van der Waals surface area contributed by atoms with Crippen molar-refractivity contribution in [3.05, 3.63) is 88.9 Å². The third-order valence-corrected chi connectivity index (χ3v) is 5.98. The molecule has 1 fully saturated rings. The molecule has 2 aromatic carbocycles. The number of nitrogens with one attached hydrogen (secondary N) is 2. The highest BCUT2D eigenvalue weighted by atomic mass is 19.4. The summed E-state index contributed by atoms with van der Waals surface area (Å²) in [7, 11) is 1.41. The molecular weight excluding hydrogens is 502 g/mol. The topological polar surface area (TPSA) is 109 Å². The summed E-state index contributed by atoms with van der Waals surface area (Å²) < 4.78 is 55.7. The van der Waals surface area contributed by atoms with E-state index in [1.54, 1.807) is 42.5 Å². The van der Waals surface area contributed by atoms with Crippen LogP contribution in [0.1, 0.15) is 39.5 Å². The van der Waals surface area contributed by atoms with E-state index >= 15 is 0 Å². The molecule has 1 aliphatic rings. The summed E-state index contributed by atoms with van der Waals surface area (Å²) in [4.78, 5) is 33.1. The van der Waals surface area contributed by atoms with Crippen LogP contribution in [0, 0.1) is 5.82 Å². The summed E-state index contributed by atoms with van der Waals surface area (Å²) in [6, 6.07) is 13.1. The Morgan fingerprint density at radius 3 is 2.53 bits per heavy atom. The molecule has 1 aromatic heterocycles. The second-order valence-electron chi connectivity index (χ2n) is 8.56. The Morgan fingerprint density at radius 2 is 1.89 bits per heavy atom. The van der Waals surface area contributed by atoms with Crippen molar-refractivity contribution in [3.8, 4) is 11.3 Å². The minimum absolute atomic E-state index is 0.0949. The summed E-state index contributed by atoms with van der Waals surface area (Å²) in [5, 5.41) is 5.32. The maximum atomic E-state index is 14.9. The molecule has 4 N–H and O–H groups in total. The smallest absolute Gasteiger partial charge is 0.398 e. The van der Waals surface area contributed by atoms with Gasteiger partial charge in [-0.3, -0.25) is 19.6 Å². The Labute approximate surface area is 215 Å². The summed E-state index contributed by atoms with van der Waals surface area (Å²) >= 11 is 0. The van der Waals surface area contributed by atoms with E-state index in [4.69, 9.17) is 5.73 Å². The molecular formula is C27H23F4N5O2. The second-order valence-corrected chi connectivity index (χ2v) is 8.56. The van der Waals surface area contributed by atoms with Crippen LogP contribution in [0.15, 0.2) is 65.7 Å². The summed E-state index contributed by atoms with van der Waals surface area (Å²) in [6.07, 6.45) is -2.33. The number of alkyl halides is 3. The molecule has 0 radical (unpaired) electrons. The number of hydrogen-bond acceptors (Lipinski definition) is 5. The van der Waals surface area contributed by atoms with Crippen molar-refractivity contribution in [2.24, 2.45) is 10.7 Å². The predicted octanol–water partition coefficient (Wildman–Crippen LogP) is 4.76. The Balaban J connectivity index is 1.75. The molecule has 0 saturated carbocycles. The monoisotopic (exact) mass is 525 g/mol. The molecule has 1 unspecified atom stereocenters. The van der Waals surface area contributed by atoms with E-state index in [2.05, 4.69) is 20.6 Å². The minimum atomic E-state index is -4.91. The van der Waals surface area contributed by atoms with E-state index in [1.165, 1.54) is 13.3 Å². The van der Waals surface area contributed by atoms with Gasteiger partial charge in [-0.05, 0) is 30.3 Å². The summed E-state index contributed by atoms with van der Waals surface area (Å²) in [5.74, 6) is -2.61. The van der Waals surface area contributed by atoms with E-state index < -0.39 is 34.6 Å². The summed E-state index contributed by atoms with van der Waals surface area (Å²) in [5.41, 5.74) is 4.80. The number of rotatable bonds is 6. The number of pyridine rings is 1.